The highest BCUT2D eigenvalue weighted by molar-refractivity contribution is 7.89. The van der Waals surface area contributed by atoms with Crippen LogP contribution in [0.25, 0.3) is 11.1 Å². The summed E-state index contributed by atoms with van der Waals surface area (Å²) in [6.07, 6.45) is 2.59. The molecular weight excluding hydrogens is 447 g/mol. The molecule has 1 amide bonds. The number of carbonyl (C=O) groups is 1. The first-order valence-corrected chi connectivity index (χ1v) is 11.4. The number of aryl methyl sites for hydroxylation is 2. The largest absolute Gasteiger partial charge is 0.439 e. The van der Waals surface area contributed by atoms with Gasteiger partial charge in [-0.15, -0.1) is 0 Å². The van der Waals surface area contributed by atoms with Gasteiger partial charge in [0.2, 0.25) is 15.9 Å². The van der Waals surface area contributed by atoms with Crippen LogP contribution < -0.4 is 9.46 Å². The fourth-order valence-corrected chi connectivity index (χ4v) is 3.83. The van der Waals surface area contributed by atoms with Crippen LogP contribution in [-0.4, -0.2) is 25.6 Å². The molecule has 30 heavy (non-hydrogen) atoms. The first-order chi connectivity index (χ1) is 14.0. The quantitative estimate of drug-likeness (QED) is 0.563. The van der Waals surface area contributed by atoms with Crippen LogP contribution in [-0.2, 0) is 10.0 Å². The van der Waals surface area contributed by atoms with E-state index in [0.717, 1.165) is 28.5 Å². The number of benzene rings is 2. The number of nitrogens with zero attached hydrogens (tertiary/aromatic N) is 1. The number of aromatic nitrogens is 1. The van der Waals surface area contributed by atoms with Gasteiger partial charge < -0.3 is 4.74 Å². The van der Waals surface area contributed by atoms with Gasteiger partial charge in [0, 0.05) is 32.9 Å². The Morgan fingerprint density at radius 3 is 2.23 bits per heavy atom. The summed E-state index contributed by atoms with van der Waals surface area (Å²) in [5.74, 6) is 0.220. The van der Waals surface area contributed by atoms with Crippen molar-refractivity contribution >= 4 is 39.1 Å². The Kier molecular flexibility index (Phi) is 6.36. The normalized spacial score (nSPS) is 11.2. The van der Waals surface area contributed by atoms with Gasteiger partial charge in [0.25, 0.3) is 5.91 Å². The first kappa shape index (κ1) is 22.1. The lowest BCUT2D eigenvalue weighted by molar-refractivity contribution is 0.0981. The Bertz CT molecular complexity index is 1220. The second kappa shape index (κ2) is 8.63. The first-order valence-electron chi connectivity index (χ1n) is 8.75. The molecule has 1 N–H and O–H groups in total. The Hall–Kier alpha value is -2.61. The maximum atomic E-state index is 12.0. The number of rotatable bonds is 5. The number of hydrogen-bond acceptors (Lipinski definition) is 5. The molecule has 156 valence electrons. The van der Waals surface area contributed by atoms with E-state index in [1.165, 1.54) is 0 Å². The van der Waals surface area contributed by atoms with E-state index < -0.39 is 15.9 Å². The van der Waals surface area contributed by atoms with Crippen LogP contribution in [0.2, 0.25) is 10.0 Å². The molecule has 0 unspecified atom stereocenters. The third-order valence-corrected chi connectivity index (χ3v) is 5.15. The zero-order valence-corrected chi connectivity index (χ0v) is 18.7. The second-order valence-electron chi connectivity index (χ2n) is 6.79. The third kappa shape index (κ3) is 5.50. The maximum Gasteiger partial charge on any atom is 0.264 e. The molecule has 1 heterocycles. The maximum absolute atomic E-state index is 12.0. The van der Waals surface area contributed by atoms with Crippen molar-refractivity contribution in [1.82, 2.24) is 9.71 Å². The van der Waals surface area contributed by atoms with Crippen molar-refractivity contribution < 1.29 is 17.9 Å². The standard InChI is InChI=1S/C21H18Cl2N2O4S/c1-12-6-14(20(26)25-30(3,27)28)4-5-19(12)15-7-13(2)21(24-11-15)29-18-9-16(22)8-17(23)10-18/h4-11H,1-3H3,(H,25,26). The molecule has 6 nitrogen and oxygen atoms in total. The van der Waals surface area contributed by atoms with E-state index in [0.29, 0.717) is 21.7 Å². The van der Waals surface area contributed by atoms with Crippen molar-refractivity contribution in [3.63, 3.8) is 0 Å². The molecule has 0 radical (unpaired) electrons. The van der Waals surface area contributed by atoms with Gasteiger partial charge in [-0.25, -0.2) is 18.1 Å². The molecule has 0 atom stereocenters. The van der Waals surface area contributed by atoms with Crippen molar-refractivity contribution in [2.45, 2.75) is 13.8 Å². The predicted octanol–water partition coefficient (Wildman–Crippen LogP) is 5.15. The van der Waals surface area contributed by atoms with Crippen LogP contribution in [0.1, 0.15) is 21.5 Å². The number of nitrogens with one attached hydrogen (secondary N) is 1. The number of ether oxygens (including phenoxy) is 1. The van der Waals surface area contributed by atoms with Crippen LogP contribution in [0, 0.1) is 13.8 Å². The van der Waals surface area contributed by atoms with Gasteiger partial charge in [-0.05, 0) is 61.4 Å². The molecule has 0 aliphatic heterocycles. The summed E-state index contributed by atoms with van der Waals surface area (Å²) >= 11 is 12.0. The molecule has 1 aromatic heterocycles. The monoisotopic (exact) mass is 464 g/mol. The molecular formula is C21H18Cl2N2O4S. The van der Waals surface area contributed by atoms with Crippen LogP contribution >= 0.6 is 23.2 Å². The van der Waals surface area contributed by atoms with Gasteiger partial charge in [-0.1, -0.05) is 29.3 Å². The zero-order valence-electron chi connectivity index (χ0n) is 16.4. The topological polar surface area (TPSA) is 85.4 Å². The highest BCUT2D eigenvalue weighted by Gasteiger charge is 2.14. The van der Waals surface area contributed by atoms with Gasteiger partial charge in [-0.2, -0.15) is 0 Å². The van der Waals surface area contributed by atoms with Crippen LogP contribution in [0.4, 0.5) is 0 Å². The molecule has 3 rings (SSSR count). The molecule has 0 fully saturated rings. The minimum absolute atomic E-state index is 0.254. The van der Waals surface area contributed by atoms with Gasteiger partial charge in [-0.3, -0.25) is 4.79 Å². The number of hydrogen-bond donors (Lipinski definition) is 1. The fourth-order valence-electron chi connectivity index (χ4n) is 2.87. The Balaban J connectivity index is 1.86. The molecule has 9 heteroatoms. The third-order valence-electron chi connectivity index (χ3n) is 4.16. The Morgan fingerprint density at radius 1 is 1.00 bits per heavy atom. The average molecular weight is 465 g/mol. The number of amides is 1. The van der Waals surface area contributed by atoms with E-state index in [1.807, 2.05) is 24.6 Å². The SMILES string of the molecule is Cc1cc(C(=O)NS(C)(=O)=O)ccc1-c1cnc(Oc2cc(Cl)cc(Cl)c2)c(C)c1. The van der Waals surface area contributed by atoms with E-state index in [-0.39, 0.29) is 5.56 Å². The number of pyridine rings is 1. The lowest BCUT2D eigenvalue weighted by atomic mass is 9.98. The Morgan fingerprint density at radius 2 is 1.67 bits per heavy atom. The predicted molar refractivity (Wildman–Crippen MR) is 118 cm³/mol. The molecule has 0 bridgehead atoms. The van der Waals surface area contributed by atoms with E-state index in [9.17, 15) is 13.2 Å². The average Bonchev–Trinajstić information content (AvgIpc) is 2.61. The highest BCUT2D eigenvalue weighted by Crippen LogP contribution is 2.31. The highest BCUT2D eigenvalue weighted by atomic mass is 35.5. The summed E-state index contributed by atoms with van der Waals surface area (Å²) in [7, 11) is -3.63. The van der Waals surface area contributed by atoms with Crippen molar-refractivity contribution in [1.29, 1.82) is 0 Å². The second-order valence-corrected chi connectivity index (χ2v) is 9.41. The van der Waals surface area contributed by atoms with Gasteiger partial charge in [0.1, 0.15) is 5.75 Å². The minimum atomic E-state index is -3.63. The molecule has 0 aliphatic rings. The van der Waals surface area contributed by atoms with E-state index in [4.69, 9.17) is 27.9 Å². The summed E-state index contributed by atoms with van der Waals surface area (Å²) < 4.78 is 30.3. The van der Waals surface area contributed by atoms with Crippen LogP contribution in [0.15, 0.2) is 48.7 Å². The lowest BCUT2D eigenvalue weighted by Gasteiger charge is -2.12. The number of halogens is 2. The van der Waals surface area contributed by atoms with Crippen molar-refractivity contribution in [3.8, 4) is 22.8 Å². The summed E-state index contributed by atoms with van der Waals surface area (Å²) in [5.41, 5.74) is 3.54. The molecule has 0 spiro atoms. The number of carbonyl (C=O) groups excluding carboxylic acids is 1. The molecule has 0 saturated carbocycles. The van der Waals surface area contributed by atoms with Gasteiger partial charge >= 0.3 is 0 Å². The summed E-state index contributed by atoms with van der Waals surface area (Å²) in [5, 5.41) is 0.921. The molecule has 3 aromatic rings. The van der Waals surface area contributed by atoms with E-state index >= 15 is 0 Å². The summed E-state index contributed by atoms with van der Waals surface area (Å²) in [6.45, 7) is 3.70. The van der Waals surface area contributed by atoms with Crippen LogP contribution in [0.5, 0.6) is 11.6 Å². The van der Waals surface area contributed by atoms with Crippen LogP contribution in [0.3, 0.4) is 0 Å². The Labute approximate surface area is 184 Å². The zero-order chi connectivity index (χ0) is 22.1. The number of sulfonamides is 1. The van der Waals surface area contributed by atoms with E-state index in [2.05, 4.69) is 4.98 Å². The van der Waals surface area contributed by atoms with Crippen molar-refractivity contribution in [2.75, 3.05) is 6.26 Å². The van der Waals surface area contributed by atoms with Gasteiger partial charge in [0.15, 0.2) is 0 Å². The van der Waals surface area contributed by atoms with Gasteiger partial charge in [0.05, 0.1) is 6.26 Å². The summed E-state index contributed by atoms with van der Waals surface area (Å²) in [6, 6.07) is 11.8. The summed E-state index contributed by atoms with van der Waals surface area (Å²) in [4.78, 5) is 16.4. The molecule has 2 aromatic carbocycles. The smallest absolute Gasteiger partial charge is 0.264 e. The fraction of sp³-hybridized carbons (Fsp3) is 0.143. The van der Waals surface area contributed by atoms with Crippen molar-refractivity contribution in [2.24, 2.45) is 0 Å². The minimum Gasteiger partial charge on any atom is -0.439 e. The molecule has 0 saturated heterocycles. The van der Waals surface area contributed by atoms with E-state index in [1.54, 1.807) is 42.6 Å². The molecule has 0 aliphatic carbocycles. The van der Waals surface area contributed by atoms with Crippen molar-refractivity contribution in [3.05, 3.63) is 75.4 Å². The lowest BCUT2D eigenvalue weighted by Crippen LogP contribution is -2.29.